The third kappa shape index (κ3) is 5.54. The molecule has 4 N–H and O–H groups in total. The van der Waals surface area contributed by atoms with Gasteiger partial charge in [0.25, 0.3) is 0 Å². The number of nitrogens with two attached hydrogens (primary N) is 2. The van der Waals surface area contributed by atoms with Gasteiger partial charge in [0.15, 0.2) is 11.5 Å². The van der Waals surface area contributed by atoms with E-state index in [4.69, 9.17) is 25.9 Å². The molecule has 0 spiro atoms. The largest absolute Gasteiger partial charge is 0.493 e. The third-order valence-corrected chi connectivity index (χ3v) is 6.35. The van der Waals surface area contributed by atoms with Crippen molar-refractivity contribution in [2.75, 3.05) is 25.2 Å². The maximum Gasteiger partial charge on any atom is 0.223 e. The Balaban J connectivity index is 1.86. The molecule has 30 heavy (non-hydrogen) atoms. The van der Waals surface area contributed by atoms with Crippen LogP contribution in [-0.4, -0.2) is 28.7 Å². The van der Waals surface area contributed by atoms with Crippen LogP contribution in [0.1, 0.15) is 37.3 Å². The van der Waals surface area contributed by atoms with Crippen LogP contribution in [0.25, 0.3) is 10.6 Å². The van der Waals surface area contributed by atoms with Gasteiger partial charge in [0.1, 0.15) is 15.9 Å². The standard InChI is InChI=1S/C21H27N5O2S2/c1-4-6-17-14(12-29-19-11-18(22)25-21(23)26-19)24-20(30-17)13-7-8-15(27-3)16(10-13)28-9-5-2/h7-8,10-11H,4-6,9,12H2,1-3H3,(H4,22,23,25,26). The molecule has 1 aromatic carbocycles. The Labute approximate surface area is 185 Å². The van der Waals surface area contributed by atoms with Gasteiger partial charge in [0, 0.05) is 22.3 Å². The summed E-state index contributed by atoms with van der Waals surface area (Å²) in [5.41, 5.74) is 13.6. The summed E-state index contributed by atoms with van der Waals surface area (Å²) in [5, 5.41) is 1.72. The molecule has 0 radical (unpaired) electrons. The Morgan fingerprint density at radius 3 is 2.57 bits per heavy atom. The van der Waals surface area contributed by atoms with E-state index in [1.807, 2.05) is 18.2 Å². The van der Waals surface area contributed by atoms with Gasteiger partial charge in [0.2, 0.25) is 5.95 Å². The second-order valence-corrected chi connectivity index (χ2v) is 8.71. The van der Waals surface area contributed by atoms with Crippen molar-refractivity contribution in [3.05, 3.63) is 34.8 Å². The van der Waals surface area contributed by atoms with Crippen LogP contribution >= 0.6 is 23.1 Å². The molecule has 0 atom stereocenters. The smallest absolute Gasteiger partial charge is 0.223 e. The van der Waals surface area contributed by atoms with Gasteiger partial charge in [-0.3, -0.25) is 0 Å². The molecule has 0 fully saturated rings. The zero-order chi connectivity index (χ0) is 21.5. The lowest BCUT2D eigenvalue weighted by atomic mass is 10.2. The first-order chi connectivity index (χ1) is 14.5. The minimum absolute atomic E-state index is 0.183. The predicted molar refractivity (Wildman–Crippen MR) is 124 cm³/mol. The summed E-state index contributed by atoms with van der Waals surface area (Å²) in [6, 6.07) is 7.69. The number of nitrogen functional groups attached to an aromatic ring is 2. The number of anilines is 2. The summed E-state index contributed by atoms with van der Waals surface area (Å²) in [6.45, 7) is 4.90. The molecule has 0 saturated heterocycles. The van der Waals surface area contributed by atoms with E-state index in [2.05, 4.69) is 23.8 Å². The van der Waals surface area contributed by atoms with Crippen molar-refractivity contribution in [2.24, 2.45) is 0 Å². The van der Waals surface area contributed by atoms with Gasteiger partial charge in [-0.15, -0.1) is 11.3 Å². The molecule has 2 heterocycles. The number of ether oxygens (including phenoxy) is 2. The Hall–Kier alpha value is -2.52. The maximum atomic E-state index is 5.86. The maximum absolute atomic E-state index is 5.86. The van der Waals surface area contributed by atoms with Crippen molar-refractivity contribution >= 4 is 34.9 Å². The van der Waals surface area contributed by atoms with Gasteiger partial charge in [-0.05, 0) is 31.0 Å². The molecule has 3 aromatic rings. The molecule has 0 saturated carbocycles. The number of aromatic nitrogens is 3. The van der Waals surface area contributed by atoms with Crippen LogP contribution in [0.4, 0.5) is 11.8 Å². The average Bonchev–Trinajstić information content (AvgIpc) is 3.13. The highest BCUT2D eigenvalue weighted by Gasteiger charge is 2.15. The Bertz CT molecular complexity index is 973. The van der Waals surface area contributed by atoms with Gasteiger partial charge in [0.05, 0.1) is 19.4 Å². The SMILES string of the molecule is CCCOc1cc(-c2nc(CSc3cc(N)nc(N)n3)c(CCC)s2)ccc1OC. The first kappa shape index (κ1) is 22.2. The minimum Gasteiger partial charge on any atom is -0.493 e. The van der Waals surface area contributed by atoms with Crippen LogP contribution in [0.2, 0.25) is 0 Å². The monoisotopic (exact) mass is 445 g/mol. The molecule has 3 rings (SSSR count). The fraction of sp³-hybridized carbons (Fsp3) is 0.381. The van der Waals surface area contributed by atoms with Crippen LogP contribution in [0.15, 0.2) is 29.3 Å². The number of thioether (sulfide) groups is 1. The number of nitrogens with zero attached hydrogens (tertiary/aromatic N) is 3. The summed E-state index contributed by atoms with van der Waals surface area (Å²) in [5.74, 6) is 2.72. The van der Waals surface area contributed by atoms with Crippen LogP contribution in [-0.2, 0) is 12.2 Å². The number of hydrogen-bond acceptors (Lipinski definition) is 9. The zero-order valence-electron chi connectivity index (χ0n) is 17.5. The van der Waals surface area contributed by atoms with E-state index in [1.54, 1.807) is 36.3 Å². The fourth-order valence-corrected chi connectivity index (χ4v) is 5.01. The summed E-state index contributed by atoms with van der Waals surface area (Å²) in [6.07, 6.45) is 2.97. The average molecular weight is 446 g/mol. The Morgan fingerprint density at radius 2 is 1.87 bits per heavy atom. The molecule has 160 valence electrons. The van der Waals surface area contributed by atoms with Crippen LogP contribution < -0.4 is 20.9 Å². The highest BCUT2D eigenvalue weighted by atomic mass is 32.2. The first-order valence-corrected chi connectivity index (χ1v) is 11.7. The predicted octanol–water partition coefficient (Wildman–Crippen LogP) is 4.81. The Kier molecular flexibility index (Phi) is 7.75. The summed E-state index contributed by atoms with van der Waals surface area (Å²) in [4.78, 5) is 14.4. The lowest BCUT2D eigenvalue weighted by Gasteiger charge is -2.11. The molecule has 0 bridgehead atoms. The van der Waals surface area contributed by atoms with E-state index < -0.39 is 0 Å². The number of hydrogen-bond donors (Lipinski definition) is 2. The molecular formula is C21H27N5O2S2. The van der Waals surface area contributed by atoms with Crippen molar-refractivity contribution in [3.8, 4) is 22.1 Å². The van der Waals surface area contributed by atoms with E-state index in [1.165, 1.54) is 4.88 Å². The quantitative estimate of drug-likeness (QED) is 0.338. The van der Waals surface area contributed by atoms with Gasteiger partial charge in [-0.1, -0.05) is 32.0 Å². The van der Waals surface area contributed by atoms with Crippen LogP contribution in [0.5, 0.6) is 11.5 Å². The normalized spacial score (nSPS) is 10.9. The molecule has 0 aliphatic carbocycles. The topological polar surface area (TPSA) is 109 Å². The van der Waals surface area contributed by atoms with Crippen LogP contribution in [0, 0.1) is 0 Å². The Morgan fingerprint density at radius 1 is 1.03 bits per heavy atom. The fourth-order valence-electron chi connectivity index (χ4n) is 2.85. The van der Waals surface area contributed by atoms with E-state index >= 15 is 0 Å². The van der Waals surface area contributed by atoms with Crippen molar-refractivity contribution in [1.29, 1.82) is 0 Å². The lowest BCUT2D eigenvalue weighted by Crippen LogP contribution is -2.00. The molecule has 2 aromatic heterocycles. The second kappa shape index (κ2) is 10.5. The molecule has 0 unspecified atom stereocenters. The van der Waals surface area contributed by atoms with Crippen molar-refractivity contribution in [1.82, 2.24) is 15.0 Å². The second-order valence-electron chi connectivity index (χ2n) is 6.63. The molecule has 0 aliphatic rings. The summed E-state index contributed by atoms with van der Waals surface area (Å²) in [7, 11) is 1.65. The van der Waals surface area contributed by atoms with Gasteiger partial charge in [-0.2, -0.15) is 4.98 Å². The van der Waals surface area contributed by atoms with E-state index in [0.717, 1.165) is 52.1 Å². The minimum atomic E-state index is 0.183. The number of benzene rings is 1. The highest BCUT2D eigenvalue weighted by molar-refractivity contribution is 7.98. The van der Waals surface area contributed by atoms with Crippen molar-refractivity contribution in [3.63, 3.8) is 0 Å². The first-order valence-electron chi connectivity index (χ1n) is 9.86. The number of rotatable bonds is 10. The van der Waals surface area contributed by atoms with E-state index in [-0.39, 0.29) is 5.95 Å². The number of aryl methyl sites for hydroxylation is 1. The number of thiazole rings is 1. The number of methoxy groups -OCH3 is 1. The molecule has 0 aliphatic heterocycles. The summed E-state index contributed by atoms with van der Waals surface area (Å²) < 4.78 is 11.3. The van der Waals surface area contributed by atoms with E-state index in [9.17, 15) is 0 Å². The highest BCUT2D eigenvalue weighted by Crippen LogP contribution is 2.37. The lowest BCUT2D eigenvalue weighted by molar-refractivity contribution is 0.294. The zero-order valence-corrected chi connectivity index (χ0v) is 19.1. The molecule has 9 heteroatoms. The summed E-state index contributed by atoms with van der Waals surface area (Å²) >= 11 is 3.28. The van der Waals surface area contributed by atoms with Crippen molar-refractivity contribution in [2.45, 2.75) is 43.9 Å². The van der Waals surface area contributed by atoms with Gasteiger partial charge >= 0.3 is 0 Å². The van der Waals surface area contributed by atoms with E-state index in [0.29, 0.717) is 18.2 Å². The molecular weight excluding hydrogens is 418 g/mol. The van der Waals surface area contributed by atoms with Crippen LogP contribution in [0.3, 0.4) is 0 Å². The van der Waals surface area contributed by atoms with Crippen molar-refractivity contribution < 1.29 is 9.47 Å². The molecule has 0 amide bonds. The molecule has 7 nitrogen and oxygen atoms in total. The van der Waals surface area contributed by atoms with Gasteiger partial charge < -0.3 is 20.9 Å². The van der Waals surface area contributed by atoms with Gasteiger partial charge in [-0.25, -0.2) is 9.97 Å². The third-order valence-electron chi connectivity index (χ3n) is 4.22.